The van der Waals surface area contributed by atoms with E-state index in [0.717, 1.165) is 47.4 Å². The minimum Gasteiger partial charge on any atom is -0.478 e. The molecule has 148 valence electrons. The van der Waals surface area contributed by atoms with E-state index in [1.54, 1.807) is 12.1 Å². The molecule has 0 amide bonds. The highest BCUT2D eigenvalue weighted by Crippen LogP contribution is 2.40. The van der Waals surface area contributed by atoms with Crippen LogP contribution in [-0.2, 0) is 0 Å². The predicted molar refractivity (Wildman–Crippen MR) is 126 cm³/mol. The van der Waals surface area contributed by atoms with E-state index in [0.29, 0.717) is 0 Å². The van der Waals surface area contributed by atoms with Crippen LogP contribution in [0.2, 0.25) is 0 Å². The molecule has 0 radical (unpaired) electrons. The van der Waals surface area contributed by atoms with Gasteiger partial charge in [-0.1, -0.05) is 44.0 Å². The number of carbonyl (C=O) groups is 1. The summed E-state index contributed by atoms with van der Waals surface area (Å²) in [5, 5.41) is 11.6. The van der Waals surface area contributed by atoms with Crippen molar-refractivity contribution < 1.29 is 9.90 Å². The van der Waals surface area contributed by atoms with Crippen molar-refractivity contribution in [2.24, 2.45) is 0 Å². The number of rotatable bonds is 4. The summed E-state index contributed by atoms with van der Waals surface area (Å²) >= 11 is 7.18. The van der Waals surface area contributed by atoms with Crippen LogP contribution in [0.1, 0.15) is 33.0 Å². The Hall–Kier alpha value is -2.83. The first-order valence-electron chi connectivity index (χ1n) is 9.37. The van der Waals surface area contributed by atoms with E-state index in [4.69, 9.17) is 0 Å². The van der Waals surface area contributed by atoms with Gasteiger partial charge in [0.25, 0.3) is 0 Å². The Balaban J connectivity index is 1.78. The standard InChI is InChI=1S/C24H16Br2N2O2/c25-15-5-7-21-17(9-15)19(11-27-21)23(13-1-3-14(4-2-13)24(29)30)20-12-28-22-8-6-16(26)10-18(20)22/h1-12,23,27-28H,(H,29,30). The summed E-state index contributed by atoms with van der Waals surface area (Å²) < 4.78 is 2.02. The van der Waals surface area contributed by atoms with Crippen molar-refractivity contribution in [2.75, 3.05) is 0 Å². The van der Waals surface area contributed by atoms with Gasteiger partial charge in [0.1, 0.15) is 0 Å². The van der Waals surface area contributed by atoms with Crippen LogP contribution in [0.15, 0.2) is 82.0 Å². The molecule has 0 aliphatic carbocycles. The van der Waals surface area contributed by atoms with Crippen molar-refractivity contribution in [3.63, 3.8) is 0 Å². The van der Waals surface area contributed by atoms with Crippen molar-refractivity contribution in [3.05, 3.63) is 104 Å². The van der Waals surface area contributed by atoms with Crippen molar-refractivity contribution in [1.29, 1.82) is 0 Å². The van der Waals surface area contributed by atoms with Crippen molar-refractivity contribution in [2.45, 2.75) is 5.92 Å². The average Bonchev–Trinajstić information content (AvgIpc) is 3.33. The first-order chi connectivity index (χ1) is 14.5. The molecule has 30 heavy (non-hydrogen) atoms. The van der Waals surface area contributed by atoms with Crippen LogP contribution < -0.4 is 0 Å². The zero-order chi connectivity index (χ0) is 20.8. The lowest BCUT2D eigenvalue weighted by Gasteiger charge is -2.18. The summed E-state index contributed by atoms with van der Waals surface area (Å²) in [6.07, 6.45) is 4.09. The van der Waals surface area contributed by atoms with Crippen molar-refractivity contribution in [3.8, 4) is 0 Å². The maximum atomic E-state index is 11.3. The SMILES string of the molecule is O=C(O)c1ccc(C(c2c[nH]c3ccc(Br)cc23)c2c[nH]c3ccc(Br)cc23)cc1. The number of halogens is 2. The number of carboxylic acids is 1. The van der Waals surface area contributed by atoms with Crippen LogP contribution in [0.4, 0.5) is 0 Å². The first kappa shape index (κ1) is 19.2. The minimum atomic E-state index is -0.926. The molecule has 0 spiro atoms. The fourth-order valence-corrected chi connectivity index (χ4v) is 4.77. The molecule has 0 atom stereocenters. The highest BCUT2D eigenvalue weighted by Gasteiger charge is 2.23. The monoisotopic (exact) mass is 522 g/mol. The number of hydrogen-bond donors (Lipinski definition) is 3. The van der Waals surface area contributed by atoms with Crippen molar-refractivity contribution >= 4 is 59.6 Å². The Kier molecular flexibility index (Phi) is 4.76. The summed E-state index contributed by atoms with van der Waals surface area (Å²) in [5.41, 5.74) is 5.69. The third-order valence-electron chi connectivity index (χ3n) is 5.46. The molecular formula is C24H16Br2N2O2. The highest BCUT2D eigenvalue weighted by molar-refractivity contribution is 9.10. The Bertz CT molecular complexity index is 1320. The lowest BCUT2D eigenvalue weighted by Crippen LogP contribution is -2.04. The molecular weight excluding hydrogens is 508 g/mol. The van der Waals surface area contributed by atoms with E-state index < -0.39 is 5.97 Å². The van der Waals surface area contributed by atoms with Gasteiger partial charge in [-0.05, 0) is 65.2 Å². The Labute approximate surface area is 189 Å². The van der Waals surface area contributed by atoms with Gasteiger partial charge in [0.2, 0.25) is 0 Å². The van der Waals surface area contributed by atoms with Crippen LogP contribution in [0.5, 0.6) is 0 Å². The molecule has 4 nitrogen and oxygen atoms in total. The van der Waals surface area contributed by atoms with Gasteiger partial charge in [-0.2, -0.15) is 0 Å². The number of aromatic carboxylic acids is 1. The molecule has 5 rings (SSSR count). The minimum absolute atomic E-state index is 0.0704. The van der Waals surface area contributed by atoms with Gasteiger partial charge in [0.15, 0.2) is 0 Å². The number of aromatic nitrogens is 2. The lowest BCUT2D eigenvalue weighted by molar-refractivity contribution is 0.0697. The first-order valence-corrected chi connectivity index (χ1v) is 11.0. The molecule has 3 N–H and O–H groups in total. The summed E-state index contributed by atoms with van der Waals surface area (Å²) in [6.45, 7) is 0. The quantitative estimate of drug-likeness (QED) is 0.236. The highest BCUT2D eigenvalue weighted by atomic mass is 79.9. The van der Waals surface area contributed by atoms with Gasteiger partial charge in [-0.3, -0.25) is 0 Å². The molecule has 0 saturated carbocycles. The van der Waals surface area contributed by atoms with Crippen LogP contribution in [0.25, 0.3) is 21.8 Å². The van der Waals surface area contributed by atoms with Gasteiger partial charge in [-0.25, -0.2) is 4.79 Å². The van der Waals surface area contributed by atoms with Gasteiger partial charge >= 0.3 is 5.97 Å². The molecule has 0 unspecified atom stereocenters. The van der Waals surface area contributed by atoms with E-state index in [1.165, 1.54) is 0 Å². The number of H-pyrrole nitrogens is 2. The normalized spacial score (nSPS) is 11.6. The predicted octanol–water partition coefficient (Wildman–Crippen LogP) is 7.05. The van der Waals surface area contributed by atoms with Gasteiger partial charge in [0.05, 0.1) is 5.56 Å². The van der Waals surface area contributed by atoms with E-state index in [1.807, 2.05) is 36.7 Å². The molecule has 5 aromatic rings. The number of benzene rings is 3. The molecule has 0 aliphatic heterocycles. The Morgan fingerprint density at radius 1 is 0.767 bits per heavy atom. The largest absolute Gasteiger partial charge is 0.478 e. The Morgan fingerprint density at radius 2 is 1.27 bits per heavy atom. The topological polar surface area (TPSA) is 68.9 Å². The average molecular weight is 524 g/mol. The number of aromatic amines is 2. The van der Waals surface area contributed by atoms with Crippen LogP contribution in [0, 0.1) is 0 Å². The van der Waals surface area contributed by atoms with E-state index in [9.17, 15) is 9.90 Å². The Morgan fingerprint density at radius 3 is 1.73 bits per heavy atom. The summed E-state index contributed by atoms with van der Waals surface area (Å²) in [6, 6.07) is 19.5. The fraction of sp³-hybridized carbons (Fsp3) is 0.0417. The number of carboxylic acid groups (broad SMARTS) is 1. The summed E-state index contributed by atoms with van der Waals surface area (Å²) in [7, 11) is 0. The number of hydrogen-bond acceptors (Lipinski definition) is 1. The second-order valence-electron chi connectivity index (χ2n) is 7.23. The zero-order valence-corrected chi connectivity index (χ0v) is 18.8. The maximum Gasteiger partial charge on any atom is 0.335 e. The fourth-order valence-electron chi connectivity index (χ4n) is 4.05. The second kappa shape index (κ2) is 7.45. The van der Waals surface area contributed by atoms with Gasteiger partial charge in [0, 0.05) is 49.1 Å². The molecule has 3 aromatic carbocycles. The van der Waals surface area contributed by atoms with Crippen LogP contribution >= 0.6 is 31.9 Å². The molecule has 0 fully saturated rings. The third kappa shape index (κ3) is 3.26. The van der Waals surface area contributed by atoms with Crippen molar-refractivity contribution in [1.82, 2.24) is 9.97 Å². The van der Waals surface area contributed by atoms with Crippen LogP contribution in [0.3, 0.4) is 0 Å². The molecule has 0 aliphatic rings. The molecule has 0 saturated heterocycles. The number of nitrogens with one attached hydrogen (secondary N) is 2. The summed E-state index contributed by atoms with van der Waals surface area (Å²) in [4.78, 5) is 18.1. The second-order valence-corrected chi connectivity index (χ2v) is 9.06. The number of fused-ring (bicyclic) bond motifs is 2. The lowest BCUT2D eigenvalue weighted by atomic mass is 9.84. The van der Waals surface area contributed by atoms with Gasteiger partial charge < -0.3 is 15.1 Å². The van der Waals surface area contributed by atoms with Crippen LogP contribution in [-0.4, -0.2) is 21.0 Å². The van der Waals surface area contributed by atoms with E-state index in [2.05, 4.69) is 66.1 Å². The van der Waals surface area contributed by atoms with Gasteiger partial charge in [-0.15, -0.1) is 0 Å². The third-order valence-corrected chi connectivity index (χ3v) is 6.45. The maximum absolute atomic E-state index is 11.3. The van der Waals surface area contributed by atoms with E-state index in [-0.39, 0.29) is 11.5 Å². The smallest absolute Gasteiger partial charge is 0.335 e. The molecule has 2 heterocycles. The molecule has 0 bridgehead atoms. The summed E-state index contributed by atoms with van der Waals surface area (Å²) in [5.74, 6) is -0.996. The molecule has 2 aromatic heterocycles. The van der Waals surface area contributed by atoms with E-state index >= 15 is 0 Å². The zero-order valence-electron chi connectivity index (χ0n) is 15.6. The molecule has 6 heteroatoms.